The average Bonchev–Trinajstić information content (AvgIpc) is 2.82. The summed E-state index contributed by atoms with van der Waals surface area (Å²) in [6.45, 7) is 2.61. The third-order valence-electron chi connectivity index (χ3n) is 3.30. The van der Waals surface area contributed by atoms with Gasteiger partial charge in [-0.05, 0) is 30.2 Å². The van der Waals surface area contributed by atoms with Gasteiger partial charge in [0, 0.05) is 30.5 Å². The molecule has 2 heterocycles. The number of hydrogen-bond donors (Lipinski definition) is 1. The highest BCUT2D eigenvalue weighted by atomic mass is 16.4. The van der Waals surface area contributed by atoms with E-state index < -0.39 is 5.97 Å². The van der Waals surface area contributed by atoms with E-state index in [0.29, 0.717) is 12.1 Å². The highest BCUT2D eigenvalue weighted by Gasteiger charge is 2.12. The number of aromatic carboxylic acids is 1. The van der Waals surface area contributed by atoms with Gasteiger partial charge in [-0.1, -0.05) is 18.2 Å². The highest BCUT2D eigenvalue weighted by Crippen LogP contribution is 2.21. The van der Waals surface area contributed by atoms with E-state index in [2.05, 4.69) is 11.1 Å². The molecular formula is C16H14N2O2. The van der Waals surface area contributed by atoms with Crippen LogP contribution in [0.4, 0.5) is 0 Å². The Morgan fingerprint density at radius 2 is 2.15 bits per heavy atom. The van der Waals surface area contributed by atoms with Crippen molar-refractivity contribution in [3.05, 3.63) is 65.6 Å². The molecule has 2 aromatic heterocycles. The Morgan fingerprint density at radius 3 is 2.90 bits per heavy atom. The van der Waals surface area contributed by atoms with Crippen molar-refractivity contribution >= 4 is 16.9 Å². The van der Waals surface area contributed by atoms with Gasteiger partial charge >= 0.3 is 5.97 Å². The van der Waals surface area contributed by atoms with E-state index in [1.54, 1.807) is 18.3 Å². The van der Waals surface area contributed by atoms with Crippen LogP contribution in [0.1, 0.15) is 21.5 Å². The first kappa shape index (κ1) is 12.4. The summed E-state index contributed by atoms with van der Waals surface area (Å²) >= 11 is 0. The smallest absolute Gasteiger partial charge is 0.337 e. The standard InChI is InChI=1S/C16H14N2O2/c1-11-7-12(9-17-8-11)10-18-6-5-13-3-2-4-14(15(13)18)16(19)20/h2-9H,10H2,1H3,(H,19,20). The second-order valence-corrected chi connectivity index (χ2v) is 4.86. The number of fused-ring (bicyclic) bond motifs is 1. The Hall–Kier alpha value is -2.62. The molecule has 1 N–H and O–H groups in total. The van der Waals surface area contributed by atoms with Crippen LogP contribution in [0.2, 0.25) is 0 Å². The maximum Gasteiger partial charge on any atom is 0.337 e. The number of pyridine rings is 1. The van der Waals surface area contributed by atoms with Gasteiger partial charge in [0.1, 0.15) is 0 Å². The van der Waals surface area contributed by atoms with Gasteiger partial charge in [0.2, 0.25) is 0 Å². The number of aryl methyl sites for hydroxylation is 1. The lowest BCUT2D eigenvalue weighted by atomic mass is 10.1. The molecule has 3 rings (SSSR count). The van der Waals surface area contributed by atoms with Gasteiger partial charge in [-0.2, -0.15) is 0 Å². The first-order valence-electron chi connectivity index (χ1n) is 6.37. The summed E-state index contributed by atoms with van der Waals surface area (Å²) in [5.74, 6) is -0.905. The van der Waals surface area contributed by atoms with Crippen LogP contribution in [-0.4, -0.2) is 20.6 Å². The van der Waals surface area contributed by atoms with Crippen LogP contribution in [0.25, 0.3) is 10.9 Å². The molecule has 0 spiro atoms. The molecule has 0 amide bonds. The van der Waals surface area contributed by atoms with Crippen LogP contribution in [0.5, 0.6) is 0 Å². The molecule has 0 aliphatic rings. The van der Waals surface area contributed by atoms with Crippen molar-refractivity contribution in [2.24, 2.45) is 0 Å². The number of nitrogens with zero attached hydrogens (tertiary/aromatic N) is 2. The first-order chi connectivity index (χ1) is 9.65. The summed E-state index contributed by atoms with van der Waals surface area (Å²) in [7, 11) is 0. The largest absolute Gasteiger partial charge is 0.478 e. The summed E-state index contributed by atoms with van der Waals surface area (Å²) in [5.41, 5.74) is 3.23. The molecular weight excluding hydrogens is 252 g/mol. The number of carboxylic acid groups (broad SMARTS) is 1. The Kier molecular flexibility index (Phi) is 2.99. The molecule has 0 fully saturated rings. The number of carboxylic acids is 1. The van der Waals surface area contributed by atoms with Crippen LogP contribution in [0.15, 0.2) is 48.9 Å². The van der Waals surface area contributed by atoms with Crippen LogP contribution in [0, 0.1) is 6.92 Å². The van der Waals surface area contributed by atoms with Gasteiger partial charge in [-0.15, -0.1) is 0 Å². The maximum atomic E-state index is 11.3. The third-order valence-corrected chi connectivity index (χ3v) is 3.30. The minimum Gasteiger partial charge on any atom is -0.478 e. The Labute approximate surface area is 116 Å². The number of carbonyl (C=O) groups is 1. The SMILES string of the molecule is Cc1cncc(Cn2ccc3cccc(C(=O)O)c32)c1. The van der Waals surface area contributed by atoms with Crippen molar-refractivity contribution in [1.82, 2.24) is 9.55 Å². The zero-order valence-corrected chi connectivity index (χ0v) is 11.1. The number of aromatic nitrogens is 2. The minimum absolute atomic E-state index is 0.327. The summed E-state index contributed by atoms with van der Waals surface area (Å²) in [4.78, 5) is 15.5. The molecule has 0 saturated heterocycles. The summed E-state index contributed by atoms with van der Waals surface area (Å²) in [6, 6.07) is 9.32. The van der Waals surface area contributed by atoms with Crippen molar-refractivity contribution in [3.63, 3.8) is 0 Å². The topological polar surface area (TPSA) is 55.1 Å². The molecule has 4 heteroatoms. The van der Waals surface area contributed by atoms with Crippen molar-refractivity contribution in [3.8, 4) is 0 Å². The Bertz CT molecular complexity index is 790. The lowest BCUT2D eigenvalue weighted by Crippen LogP contribution is -2.04. The van der Waals surface area contributed by atoms with Gasteiger partial charge in [0.05, 0.1) is 11.1 Å². The fraction of sp³-hybridized carbons (Fsp3) is 0.125. The number of rotatable bonds is 3. The second-order valence-electron chi connectivity index (χ2n) is 4.86. The number of benzene rings is 1. The van der Waals surface area contributed by atoms with E-state index >= 15 is 0 Å². The van der Waals surface area contributed by atoms with E-state index in [1.165, 1.54) is 0 Å². The molecule has 0 unspecified atom stereocenters. The quantitative estimate of drug-likeness (QED) is 0.792. The van der Waals surface area contributed by atoms with Gasteiger partial charge in [-0.25, -0.2) is 4.79 Å². The van der Waals surface area contributed by atoms with Crippen molar-refractivity contribution in [2.45, 2.75) is 13.5 Å². The molecule has 20 heavy (non-hydrogen) atoms. The average molecular weight is 266 g/mol. The molecule has 100 valence electrons. The normalized spacial score (nSPS) is 10.8. The van der Waals surface area contributed by atoms with Crippen LogP contribution in [0.3, 0.4) is 0 Å². The van der Waals surface area contributed by atoms with E-state index in [4.69, 9.17) is 0 Å². The summed E-state index contributed by atoms with van der Waals surface area (Å²) < 4.78 is 1.95. The van der Waals surface area contributed by atoms with Crippen molar-refractivity contribution in [2.75, 3.05) is 0 Å². The summed E-state index contributed by atoms with van der Waals surface area (Å²) in [5, 5.41) is 10.2. The fourth-order valence-electron chi connectivity index (χ4n) is 2.47. The van der Waals surface area contributed by atoms with Gasteiger partial charge in [0.15, 0.2) is 0 Å². The predicted octanol–water partition coefficient (Wildman–Crippen LogP) is 3.09. The zero-order chi connectivity index (χ0) is 14.1. The first-order valence-corrected chi connectivity index (χ1v) is 6.37. The minimum atomic E-state index is -0.905. The number of hydrogen-bond acceptors (Lipinski definition) is 2. The van der Waals surface area contributed by atoms with Crippen LogP contribution < -0.4 is 0 Å². The monoisotopic (exact) mass is 266 g/mol. The van der Waals surface area contributed by atoms with Gasteiger partial charge in [-0.3, -0.25) is 4.98 Å². The van der Waals surface area contributed by atoms with Crippen LogP contribution in [-0.2, 0) is 6.54 Å². The third kappa shape index (κ3) is 2.16. The molecule has 1 aromatic carbocycles. The predicted molar refractivity (Wildman–Crippen MR) is 77.0 cm³/mol. The van der Waals surface area contributed by atoms with Crippen molar-refractivity contribution in [1.29, 1.82) is 0 Å². The lowest BCUT2D eigenvalue weighted by Gasteiger charge is -2.08. The van der Waals surface area contributed by atoms with Gasteiger partial charge in [0.25, 0.3) is 0 Å². The Morgan fingerprint density at radius 1 is 1.30 bits per heavy atom. The molecule has 0 atom stereocenters. The van der Waals surface area contributed by atoms with E-state index in [1.807, 2.05) is 36.0 Å². The molecule has 4 nitrogen and oxygen atoms in total. The van der Waals surface area contributed by atoms with Gasteiger partial charge < -0.3 is 9.67 Å². The van der Waals surface area contributed by atoms with Crippen molar-refractivity contribution < 1.29 is 9.90 Å². The highest BCUT2D eigenvalue weighted by molar-refractivity contribution is 6.02. The molecule has 0 aliphatic carbocycles. The summed E-state index contributed by atoms with van der Waals surface area (Å²) in [6.07, 6.45) is 5.53. The molecule has 0 radical (unpaired) electrons. The number of para-hydroxylation sites is 1. The second kappa shape index (κ2) is 4.81. The van der Waals surface area contributed by atoms with E-state index in [0.717, 1.165) is 22.0 Å². The molecule has 0 saturated carbocycles. The van der Waals surface area contributed by atoms with E-state index in [9.17, 15) is 9.90 Å². The molecule has 0 aliphatic heterocycles. The zero-order valence-electron chi connectivity index (χ0n) is 11.1. The lowest BCUT2D eigenvalue weighted by molar-refractivity contribution is 0.0698. The van der Waals surface area contributed by atoms with Crippen LogP contribution >= 0.6 is 0 Å². The molecule has 3 aromatic rings. The fourth-order valence-corrected chi connectivity index (χ4v) is 2.47. The Balaban J connectivity index is 2.10. The maximum absolute atomic E-state index is 11.3. The van der Waals surface area contributed by atoms with E-state index in [-0.39, 0.29) is 0 Å². The molecule has 0 bridgehead atoms.